The highest BCUT2D eigenvalue weighted by molar-refractivity contribution is 6.33. The fourth-order valence-corrected chi connectivity index (χ4v) is 3.53. The number of fused-ring (bicyclic) bond motifs is 1. The van der Waals surface area contributed by atoms with Gasteiger partial charge in [0.2, 0.25) is 0 Å². The Hall–Kier alpha value is -1.42. The average Bonchev–Trinajstić information content (AvgIpc) is 2.65. The van der Waals surface area contributed by atoms with Gasteiger partial charge in [-0.1, -0.05) is 41.4 Å². The largest absolute Gasteiger partial charge is 0.504 e. The van der Waals surface area contributed by atoms with Gasteiger partial charge in [-0.05, 0) is 43.1 Å². The summed E-state index contributed by atoms with van der Waals surface area (Å²) in [5.41, 5.74) is 4.36. The summed E-state index contributed by atoms with van der Waals surface area (Å²) in [4.78, 5) is 2.26. The molecule has 23 heavy (non-hydrogen) atoms. The molecule has 2 N–H and O–H groups in total. The zero-order valence-electron chi connectivity index (χ0n) is 13.2. The summed E-state index contributed by atoms with van der Waals surface area (Å²) in [5, 5.41) is 20.2. The molecule has 0 amide bonds. The van der Waals surface area contributed by atoms with Crippen LogP contribution in [0.2, 0.25) is 5.02 Å². The van der Waals surface area contributed by atoms with Gasteiger partial charge in [0.15, 0.2) is 11.5 Å². The molecule has 0 bridgehead atoms. The molecule has 0 unspecified atom stereocenters. The van der Waals surface area contributed by atoms with Gasteiger partial charge in [0.1, 0.15) is 0 Å². The smallest absolute Gasteiger partial charge is 0.176 e. The summed E-state index contributed by atoms with van der Waals surface area (Å²) in [5.74, 6) is -0.231. The summed E-state index contributed by atoms with van der Waals surface area (Å²) < 4.78 is 0. The highest BCUT2D eigenvalue weighted by Gasteiger charge is 2.27. The molecule has 124 valence electrons. The standard InChI is InChI=1S/C18H20ClNO2.ClH/c1-11-4-3-5-12(8-11)15-10-20(2)7-6-13-14(15)9-16(21)18(22)17(13)19;/h3-5,8-9,15,21-22H,6-7,10H2,1-2H3;1H/t15-;/m1./s1. The Kier molecular flexibility index (Phi) is 5.45. The van der Waals surface area contributed by atoms with E-state index in [0.29, 0.717) is 0 Å². The molecule has 0 saturated heterocycles. The Morgan fingerprint density at radius 3 is 2.65 bits per heavy atom. The van der Waals surface area contributed by atoms with Crippen LogP contribution in [0.5, 0.6) is 11.5 Å². The van der Waals surface area contributed by atoms with Crippen LogP contribution in [-0.4, -0.2) is 35.3 Å². The molecule has 0 aliphatic carbocycles. The van der Waals surface area contributed by atoms with Crippen molar-refractivity contribution in [3.63, 3.8) is 0 Å². The van der Waals surface area contributed by atoms with Crippen LogP contribution in [0, 0.1) is 6.92 Å². The minimum absolute atomic E-state index is 0. The Balaban J connectivity index is 0.00000192. The van der Waals surface area contributed by atoms with Gasteiger partial charge < -0.3 is 15.1 Å². The van der Waals surface area contributed by atoms with Gasteiger partial charge >= 0.3 is 0 Å². The van der Waals surface area contributed by atoms with E-state index in [1.54, 1.807) is 6.07 Å². The van der Waals surface area contributed by atoms with Crippen molar-refractivity contribution in [2.24, 2.45) is 0 Å². The van der Waals surface area contributed by atoms with Crippen molar-refractivity contribution in [2.45, 2.75) is 19.3 Å². The Morgan fingerprint density at radius 2 is 1.96 bits per heavy atom. The lowest BCUT2D eigenvalue weighted by molar-refractivity contribution is 0.338. The third kappa shape index (κ3) is 3.42. The number of rotatable bonds is 1. The fourth-order valence-electron chi connectivity index (χ4n) is 3.23. The zero-order chi connectivity index (χ0) is 15.9. The molecule has 0 spiro atoms. The maximum Gasteiger partial charge on any atom is 0.176 e. The van der Waals surface area contributed by atoms with Gasteiger partial charge in [0.05, 0.1) is 5.02 Å². The lowest BCUT2D eigenvalue weighted by Gasteiger charge is -2.23. The number of aromatic hydroxyl groups is 2. The number of likely N-dealkylation sites (N-methyl/N-ethyl adjacent to an activating group) is 1. The van der Waals surface area contributed by atoms with E-state index in [9.17, 15) is 10.2 Å². The highest BCUT2D eigenvalue weighted by Crippen LogP contribution is 2.43. The van der Waals surface area contributed by atoms with Crippen LogP contribution >= 0.6 is 24.0 Å². The minimum atomic E-state index is -0.215. The van der Waals surface area contributed by atoms with Crippen LogP contribution < -0.4 is 0 Å². The van der Waals surface area contributed by atoms with E-state index >= 15 is 0 Å². The second kappa shape index (κ2) is 7.00. The van der Waals surface area contributed by atoms with Gasteiger partial charge in [-0.3, -0.25) is 0 Å². The van der Waals surface area contributed by atoms with E-state index in [-0.39, 0.29) is 34.8 Å². The molecule has 0 fully saturated rings. The van der Waals surface area contributed by atoms with Gasteiger partial charge in [0, 0.05) is 19.0 Å². The van der Waals surface area contributed by atoms with E-state index in [0.717, 1.165) is 30.6 Å². The monoisotopic (exact) mass is 353 g/mol. The molecule has 3 nitrogen and oxygen atoms in total. The molecule has 0 aromatic heterocycles. The average molecular weight is 354 g/mol. The summed E-state index contributed by atoms with van der Waals surface area (Å²) in [6.07, 6.45) is 0.765. The predicted octanol–water partition coefficient (Wildman–Crippen LogP) is 4.10. The second-order valence-electron chi connectivity index (χ2n) is 6.11. The number of hydrogen-bond acceptors (Lipinski definition) is 3. The van der Waals surface area contributed by atoms with Gasteiger partial charge in [-0.15, -0.1) is 12.4 Å². The summed E-state index contributed by atoms with van der Waals surface area (Å²) in [6.45, 7) is 3.81. The van der Waals surface area contributed by atoms with Crippen molar-refractivity contribution in [1.82, 2.24) is 4.90 Å². The van der Waals surface area contributed by atoms with Crippen LogP contribution in [0.4, 0.5) is 0 Å². The van der Waals surface area contributed by atoms with Crippen molar-refractivity contribution in [3.05, 3.63) is 57.6 Å². The van der Waals surface area contributed by atoms with Crippen molar-refractivity contribution >= 4 is 24.0 Å². The number of phenolic OH excluding ortho intramolecular Hbond substituents is 2. The molecule has 3 rings (SSSR count). The van der Waals surface area contributed by atoms with E-state index in [4.69, 9.17) is 11.6 Å². The maximum absolute atomic E-state index is 9.99. The lowest BCUT2D eigenvalue weighted by Crippen LogP contribution is -2.24. The van der Waals surface area contributed by atoms with Gasteiger partial charge in [0.25, 0.3) is 0 Å². The van der Waals surface area contributed by atoms with Crippen LogP contribution in [0.15, 0.2) is 30.3 Å². The molecule has 5 heteroatoms. The van der Waals surface area contributed by atoms with E-state index in [2.05, 4.69) is 43.1 Å². The first-order chi connectivity index (χ1) is 10.5. The number of hydrogen-bond donors (Lipinski definition) is 2. The number of nitrogens with zero attached hydrogens (tertiary/aromatic N) is 1. The number of aryl methyl sites for hydroxylation is 1. The Labute approximate surface area is 147 Å². The molecular weight excluding hydrogens is 333 g/mol. The molecule has 1 aliphatic heterocycles. The van der Waals surface area contributed by atoms with Crippen molar-refractivity contribution < 1.29 is 10.2 Å². The van der Waals surface area contributed by atoms with E-state index in [1.807, 2.05) is 0 Å². The van der Waals surface area contributed by atoms with Gasteiger partial charge in [-0.2, -0.15) is 0 Å². The Morgan fingerprint density at radius 1 is 1.22 bits per heavy atom. The second-order valence-corrected chi connectivity index (χ2v) is 6.48. The topological polar surface area (TPSA) is 43.7 Å². The predicted molar refractivity (Wildman–Crippen MR) is 96.3 cm³/mol. The SMILES string of the molecule is Cc1cccc([C@H]2CN(C)CCc3c2cc(O)c(O)c3Cl)c1.Cl. The first-order valence-corrected chi connectivity index (χ1v) is 7.83. The molecule has 2 aromatic carbocycles. The highest BCUT2D eigenvalue weighted by atomic mass is 35.5. The minimum Gasteiger partial charge on any atom is -0.504 e. The molecule has 0 radical (unpaired) electrons. The van der Waals surface area contributed by atoms with Crippen LogP contribution in [0.25, 0.3) is 0 Å². The maximum atomic E-state index is 9.99. The van der Waals surface area contributed by atoms with Gasteiger partial charge in [-0.25, -0.2) is 0 Å². The van der Waals surface area contributed by atoms with Crippen molar-refractivity contribution in [2.75, 3.05) is 20.1 Å². The molecule has 1 atom stereocenters. The van der Waals surface area contributed by atoms with Crippen LogP contribution in [-0.2, 0) is 6.42 Å². The quantitative estimate of drug-likeness (QED) is 0.758. The van der Waals surface area contributed by atoms with Crippen molar-refractivity contribution in [1.29, 1.82) is 0 Å². The molecule has 1 heterocycles. The molecule has 0 saturated carbocycles. The third-order valence-corrected chi connectivity index (χ3v) is 4.82. The molecule has 1 aliphatic rings. The zero-order valence-corrected chi connectivity index (χ0v) is 14.8. The lowest BCUT2D eigenvalue weighted by atomic mass is 9.87. The third-order valence-electron chi connectivity index (χ3n) is 4.41. The van der Waals surface area contributed by atoms with Crippen LogP contribution in [0.1, 0.15) is 28.2 Å². The van der Waals surface area contributed by atoms with Crippen molar-refractivity contribution in [3.8, 4) is 11.5 Å². The first-order valence-electron chi connectivity index (χ1n) is 7.45. The summed E-state index contributed by atoms with van der Waals surface area (Å²) >= 11 is 6.29. The number of halogens is 2. The first kappa shape index (κ1) is 17.9. The van der Waals surface area contributed by atoms with Crippen LogP contribution in [0.3, 0.4) is 0 Å². The fraction of sp³-hybridized carbons (Fsp3) is 0.333. The Bertz CT molecular complexity index is 718. The molecule has 2 aromatic rings. The normalized spacial score (nSPS) is 18.0. The molecular formula is C18H21Cl2NO2. The number of benzene rings is 2. The van der Waals surface area contributed by atoms with E-state index in [1.165, 1.54) is 11.1 Å². The number of phenols is 2. The van der Waals surface area contributed by atoms with E-state index < -0.39 is 0 Å². The summed E-state index contributed by atoms with van der Waals surface area (Å²) in [6, 6.07) is 10.1. The summed E-state index contributed by atoms with van der Waals surface area (Å²) in [7, 11) is 2.09.